The molecule has 1 fully saturated rings. The van der Waals surface area contributed by atoms with Crippen LogP contribution < -0.4 is 10.6 Å². The highest BCUT2D eigenvalue weighted by Crippen LogP contribution is 2.40. The van der Waals surface area contributed by atoms with Gasteiger partial charge in [-0.2, -0.15) is 0 Å². The lowest BCUT2D eigenvalue weighted by Crippen LogP contribution is -2.36. The molecule has 1 aromatic carbocycles. The molecule has 0 saturated carbocycles. The summed E-state index contributed by atoms with van der Waals surface area (Å²) in [7, 11) is 0. The van der Waals surface area contributed by atoms with Gasteiger partial charge in [-0.15, -0.1) is 0 Å². The molecule has 146 valence electrons. The second kappa shape index (κ2) is 7.09. The number of fused-ring (bicyclic) bond motifs is 3. The summed E-state index contributed by atoms with van der Waals surface area (Å²) in [6.45, 7) is 3.21. The van der Waals surface area contributed by atoms with Gasteiger partial charge in [-0.05, 0) is 40.9 Å². The minimum atomic E-state index is -0.471. The lowest BCUT2D eigenvalue weighted by molar-refractivity contribution is 0.0999. The largest absolute Gasteiger partial charge is 0.378 e. The van der Waals surface area contributed by atoms with Gasteiger partial charge in [0.1, 0.15) is 0 Å². The summed E-state index contributed by atoms with van der Waals surface area (Å²) in [4.78, 5) is 27.3. The Morgan fingerprint density at radius 3 is 2.62 bits per heavy atom. The van der Waals surface area contributed by atoms with Crippen LogP contribution in [0, 0.1) is 0 Å². The van der Waals surface area contributed by atoms with E-state index in [9.17, 15) is 4.79 Å². The summed E-state index contributed by atoms with van der Waals surface area (Å²) in [5.74, 6) is -0.471. The molecular weight excluding hydrogens is 390 g/mol. The van der Waals surface area contributed by atoms with E-state index in [1.807, 2.05) is 0 Å². The maximum absolute atomic E-state index is 12.2. The molecule has 8 heteroatoms. The third-order valence-corrected chi connectivity index (χ3v) is 5.59. The molecule has 29 heavy (non-hydrogen) atoms. The van der Waals surface area contributed by atoms with Gasteiger partial charge in [-0.3, -0.25) is 4.79 Å². The van der Waals surface area contributed by atoms with Crippen LogP contribution in [0.5, 0.6) is 0 Å². The maximum atomic E-state index is 12.2. The first-order valence-electron chi connectivity index (χ1n) is 9.38. The van der Waals surface area contributed by atoms with Crippen molar-refractivity contribution in [1.82, 2.24) is 15.0 Å². The van der Waals surface area contributed by atoms with Crippen LogP contribution in [0.1, 0.15) is 21.5 Å². The van der Waals surface area contributed by atoms with E-state index in [-0.39, 0.29) is 5.28 Å². The number of nitrogens with two attached hydrogens (primary N) is 1. The van der Waals surface area contributed by atoms with Gasteiger partial charge in [-0.25, -0.2) is 15.0 Å². The molecule has 1 aliphatic carbocycles. The Morgan fingerprint density at radius 2 is 1.90 bits per heavy atom. The quantitative estimate of drug-likeness (QED) is 0.525. The molecule has 1 saturated heterocycles. The van der Waals surface area contributed by atoms with Crippen LogP contribution in [0.4, 0.5) is 5.69 Å². The third-order valence-electron chi connectivity index (χ3n) is 5.39. The zero-order valence-electron chi connectivity index (χ0n) is 15.6. The summed E-state index contributed by atoms with van der Waals surface area (Å²) in [5, 5.41) is 0.158. The van der Waals surface area contributed by atoms with Crippen LogP contribution in [0.2, 0.25) is 5.28 Å². The molecule has 3 aromatic rings. The number of benzene rings is 1. The normalized spacial score (nSPS) is 15.1. The smallest absolute Gasteiger partial charge is 0.249 e. The monoisotopic (exact) mass is 407 g/mol. The van der Waals surface area contributed by atoms with E-state index in [1.165, 1.54) is 0 Å². The van der Waals surface area contributed by atoms with Gasteiger partial charge in [0.2, 0.25) is 11.2 Å². The number of carbonyl (C=O) groups is 1. The van der Waals surface area contributed by atoms with Gasteiger partial charge in [0.15, 0.2) is 0 Å². The number of ether oxygens (including phenoxy) is 1. The molecule has 7 nitrogen and oxygen atoms in total. The highest BCUT2D eigenvalue weighted by atomic mass is 35.5. The van der Waals surface area contributed by atoms with Crippen molar-refractivity contribution >= 4 is 23.2 Å². The highest BCUT2D eigenvalue weighted by molar-refractivity contribution is 6.28. The fraction of sp³-hybridized carbons (Fsp3) is 0.238. The molecule has 2 aromatic heterocycles. The predicted molar refractivity (Wildman–Crippen MR) is 110 cm³/mol. The van der Waals surface area contributed by atoms with Crippen molar-refractivity contribution in [2.45, 2.75) is 6.42 Å². The molecule has 0 spiro atoms. The summed E-state index contributed by atoms with van der Waals surface area (Å²) in [6.07, 6.45) is 3.81. The highest BCUT2D eigenvalue weighted by Gasteiger charge is 2.27. The number of hydrogen-bond donors (Lipinski definition) is 1. The van der Waals surface area contributed by atoms with E-state index >= 15 is 0 Å². The first-order valence-corrected chi connectivity index (χ1v) is 9.75. The zero-order chi connectivity index (χ0) is 20.0. The standard InChI is InChI=1S/C21H18ClN5O2/c22-21-24-10-13(11-25-21)18-9-17(20(23)28)16-8-12-7-14(27-3-5-29-6-4-27)1-2-15(12)19(16)26-18/h1-2,7,9-11H,3-6,8H2,(H2,23,28). The van der Waals surface area contributed by atoms with E-state index < -0.39 is 5.91 Å². The van der Waals surface area contributed by atoms with Crippen LogP contribution in [0.25, 0.3) is 22.5 Å². The molecular formula is C21H18ClN5O2. The predicted octanol–water partition coefficient (Wildman–Crippen LogP) is 2.70. The zero-order valence-corrected chi connectivity index (χ0v) is 16.3. The Hall–Kier alpha value is -3.03. The van der Waals surface area contributed by atoms with Crippen LogP contribution >= 0.6 is 11.6 Å². The number of carbonyl (C=O) groups excluding carboxylic acids is 1. The average molecular weight is 408 g/mol. The van der Waals surface area contributed by atoms with Gasteiger partial charge in [0.25, 0.3) is 0 Å². The van der Waals surface area contributed by atoms with E-state index in [0.29, 0.717) is 23.2 Å². The number of pyridine rings is 1. The fourth-order valence-corrected chi connectivity index (χ4v) is 4.05. The minimum Gasteiger partial charge on any atom is -0.378 e. The summed E-state index contributed by atoms with van der Waals surface area (Å²) in [5.41, 5.74) is 12.4. The van der Waals surface area contributed by atoms with E-state index in [0.717, 1.165) is 54.4 Å². The molecule has 0 radical (unpaired) electrons. The first-order chi connectivity index (χ1) is 14.1. The Kier molecular flexibility index (Phi) is 4.41. The molecule has 0 bridgehead atoms. The summed E-state index contributed by atoms with van der Waals surface area (Å²) >= 11 is 5.79. The van der Waals surface area contributed by atoms with Gasteiger partial charge >= 0.3 is 0 Å². The second-order valence-corrected chi connectivity index (χ2v) is 7.44. The molecule has 0 unspecified atom stereocenters. The molecule has 1 amide bonds. The average Bonchev–Trinajstić information content (AvgIpc) is 3.12. The second-order valence-electron chi connectivity index (χ2n) is 7.10. The number of aromatic nitrogens is 3. The third kappa shape index (κ3) is 3.22. The van der Waals surface area contributed by atoms with Crippen molar-refractivity contribution in [2.24, 2.45) is 5.73 Å². The van der Waals surface area contributed by atoms with E-state index in [4.69, 9.17) is 27.1 Å². The number of nitrogens with zero attached hydrogens (tertiary/aromatic N) is 4. The van der Waals surface area contributed by atoms with Crippen molar-refractivity contribution in [3.05, 3.63) is 58.6 Å². The van der Waals surface area contributed by atoms with Crippen LogP contribution in [0.3, 0.4) is 0 Å². The first kappa shape index (κ1) is 18.0. The molecule has 5 rings (SSSR count). The van der Waals surface area contributed by atoms with Gasteiger partial charge in [0, 0.05) is 54.3 Å². The van der Waals surface area contributed by atoms with Gasteiger partial charge in [0.05, 0.1) is 24.6 Å². The van der Waals surface area contributed by atoms with Crippen molar-refractivity contribution in [3.8, 4) is 22.5 Å². The van der Waals surface area contributed by atoms with E-state index in [2.05, 4.69) is 33.1 Å². The topological polar surface area (TPSA) is 94.2 Å². The summed E-state index contributed by atoms with van der Waals surface area (Å²) in [6, 6.07) is 8.07. The van der Waals surface area contributed by atoms with Gasteiger partial charge < -0.3 is 15.4 Å². The lowest BCUT2D eigenvalue weighted by atomic mass is 10.0. The van der Waals surface area contributed by atoms with Crippen LogP contribution in [-0.4, -0.2) is 47.2 Å². The van der Waals surface area contributed by atoms with Crippen molar-refractivity contribution in [2.75, 3.05) is 31.2 Å². The molecule has 3 heterocycles. The molecule has 1 aliphatic heterocycles. The number of hydrogen-bond acceptors (Lipinski definition) is 6. The van der Waals surface area contributed by atoms with Crippen LogP contribution in [0.15, 0.2) is 36.7 Å². The number of halogens is 1. The Bertz CT molecular complexity index is 1110. The Balaban J connectivity index is 1.60. The molecule has 2 aliphatic rings. The van der Waals surface area contributed by atoms with Crippen molar-refractivity contribution < 1.29 is 9.53 Å². The molecule has 0 atom stereocenters. The van der Waals surface area contributed by atoms with E-state index in [1.54, 1.807) is 18.5 Å². The fourth-order valence-electron chi connectivity index (χ4n) is 3.95. The van der Waals surface area contributed by atoms with Crippen LogP contribution in [-0.2, 0) is 11.2 Å². The van der Waals surface area contributed by atoms with Crippen molar-refractivity contribution in [3.63, 3.8) is 0 Å². The Labute approximate surface area is 172 Å². The van der Waals surface area contributed by atoms with Crippen molar-refractivity contribution in [1.29, 1.82) is 0 Å². The number of rotatable bonds is 3. The number of morpholine rings is 1. The summed E-state index contributed by atoms with van der Waals surface area (Å²) < 4.78 is 5.45. The molecule has 2 N–H and O–H groups in total. The number of amides is 1. The SMILES string of the molecule is NC(=O)c1cc(-c2cnc(Cl)nc2)nc2c1Cc1cc(N3CCOCC3)ccc1-2. The maximum Gasteiger partial charge on any atom is 0.249 e. The Morgan fingerprint density at radius 1 is 1.14 bits per heavy atom. The number of primary amides is 1. The van der Waals surface area contributed by atoms with Gasteiger partial charge in [-0.1, -0.05) is 6.07 Å². The lowest BCUT2D eigenvalue weighted by Gasteiger charge is -2.29. The minimum absolute atomic E-state index is 0.158. The number of anilines is 1.